The van der Waals surface area contributed by atoms with E-state index in [1.165, 1.54) is 28.0 Å². The second-order valence-electron chi connectivity index (χ2n) is 7.36. The Kier molecular flexibility index (Phi) is 7.17. The van der Waals surface area contributed by atoms with Crippen LogP contribution in [0.2, 0.25) is 0 Å². The van der Waals surface area contributed by atoms with E-state index in [-0.39, 0.29) is 29.7 Å². The van der Waals surface area contributed by atoms with Crippen LogP contribution in [0.25, 0.3) is 10.2 Å². The minimum atomic E-state index is -0.265. The number of aryl methyl sites for hydroxylation is 3. The molecule has 0 saturated carbocycles. The van der Waals surface area contributed by atoms with E-state index in [9.17, 15) is 14.4 Å². The molecule has 164 valence electrons. The van der Waals surface area contributed by atoms with E-state index in [1.54, 1.807) is 11.6 Å². The Morgan fingerprint density at radius 2 is 1.87 bits per heavy atom. The molecule has 2 heterocycles. The SMILES string of the molecule is CCn1c(SCC(=O)N(C)CC(=O)Nc2ccc(C)cc2)nc2sc(C)c(C)c2c1=O. The number of thiophene rings is 1. The molecule has 0 fully saturated rings. The predicted molar refractivity (Wildman–Crippen MR) is 127 cm³/mol. The van der Waals surface area contributed by atoms with Crippen LogP contribution >= 0.6 is 23.1 Å². The van der Waals surface area contributed by atoms with E-state index >= 15 is 0 Å². The number of carbonyl (C=O) groups excluding carboxylic acids is 2. The molecule has 2 aromatic heterocycles. The van der Waals surface area contributed by atoms with Gasteiger partial charge in [0, 0.05) is 24.2 Å². The maximum Gasteiger partial charge on any atom is 0.263 e. The highest BCUT2D eigenvalue weighted by atomic mass is 32.2. The molecule has 0 aliphatic carbocycles. The lowest BCUT2D eigenvalue weighted by molar-refractivity contribution is -0.131. The Morgan fingerprint density at radius 3 is 2.52 bits per heavy atom. The number of nitrogens with zero attached hydrogens (tertiary/aromatic N) is 3. The average molecular weight is 459 g/mol. The third-order valence-electron chi connectivity index (χ3n) is 5.04. The van der Waals surface area contributed by atoms with Crippen molar-refractivity contribution in [3.63, 3.8) is 0 Å². The number of benzene rings is 1. The Labute approximate surface area is 189 Å². The van der Waals surface area contributed by atoms with Gasteiger partial charge in [-0.05, 0) is 45.4 Å². The fourth-order valence-electron chi connectivity index (χ4n) is 3.08. The van der Waals surface area contributed by atoms with Gasteiger partial charge in [-0.25, -0.2) is 4.98 Å². The summed E-state index contributed by atoms with van der Waals surface area (Å²) in [6.07, 6.45) is 0. The first-order chi connectivity index (χ1) is 14.7. The van der Waals surface area contributed by atoms with Gasteiger partial charge in [-0.15, -0.1) is 11.3 Å². The van der Waals surface area contributed by atoms with Crippen LogP contribution in [0.1, 0.15) is 22.9 Å². The summed E-state index contributed by atoms with van der Waals surface area (Å²) in [6.45, 7) is 8.19. The fraction of sp³-hybridized carbons (Fsp3) is 0.364. The molecule has 1 aromatic carbocycles. The third-order valence-corrected chi connectivity index (χ3v) is 7.10. The molecule has 31 heavy (non-hydrogen) atoms. The summed E-state index contributed by atoms with van der Waals surface area (Å²) in [5.74, 6) is -0.380. The van der Waals surface area contributed by atoms with Crippen LogP contribution in [0, 0.1) is 20.8 Å². The first-order valence-electron chi connectivity index (χ1n) is 9.95. The first-order valence-corrected chi connectivity index (χ1v) is 11.7. The van der Waals surface area contributed by atoms with E-state index in [0.717, 1.165) is 16.0 Å². The number of fused-ring (bicyclic) bond motifs is 1. The van der Waals surface area contributed by atoms with Crippen LogP contribution < -0.4 is 10.9 Å². The van der Waals surface area contributed by atoms with Crippen molar-refractivity contribution in [1.82, 2.24) is 14.5 Å². The number of aromatic nitrogens is 2. The molecule has 7 nitrogen and oxygen atoms in total. The number of likely N-dealkylation sites (N-methyl/N-ethyl adjacent to an activating group) is 1. The van der Waals surface area contributed by atoms with Crippen molar-refractivity contribution in [2.45, 2.75) is 39.4 Å². The van der Waals surface area contributed by atoms with Gasteiger partial charge in [0.2, 0.25) is 11.8 Å². The van der Waals surface area contributed by atoms with E-state index in [0.29, 0.717) is 27.6 Å². The monoisotopic (exact) mass is 458 g/mol. The highest BCUT2D eigenvalue weighted by Crippen LogP contribution is 2.28. The number of nitrogens with one attached hydrogen (secondary N) is 1. The smallest absolute Gasteiger partial charge is 0.263 e. The zero-order valence-corrected chi connectivity index (χ0v) is 19.9. The molecule has 9 heteroatoms. The molecule has 0 unspecified atom stereocenters. The van der Waals surface area contributed by atoms with Gasteiger partial charge in [0.15, 0.2) is 5.16 Å². The van der Waals surface area contributed by atoms with E-state index in [4.69, 9.17) is 0 Å². The lowest BCUT2D eigenvalue weighted by Crippen LogP contribution is -2.36. The van der Waals surface area contributed by atoms with Crippen LogP contribution in [0.4, 0.5) is 5.69 Å². The number of thioether (sulfide) groups is 1. The quantitative estimate of drug-likeness (QED) is 0.432. The van der Waals surface area contributed by atoms with Crippen molar-refractivity contribution >= 4 is 50.8 Å². The summed E-state index contributed by atoms with van der Waals surface area (Å²) < 4.78 is 1.60. The Bertz CT molecular complexity index is 1180. The maximum absolute atomic E-state index is 12.9. The Balaban J connectivity index is 1.65. The molecule has 2 amide bonds. The molecular formula is C22H26N4O3S2. The zero-order valence-electron chi connectivity index (χ0n) is 18.3. The van der Waals surface area contributed by atoms with Gasteiger partial charge in [-0.3, -0.25) is 19.0 Å². The molecule has 0 spiro atoms. The normalized spacial score (nSPS) is 11.0. The van der Waals surface area contributed by atoms with Gasteiger partial charge in [0.25, 0.3) is 5.56 Å². The summed E-state index contributed by atoms with van der Waals surface area (Å²) >= 11 is 2.71. The molecule has 3 rings (SSSR count). The molecule has 1 N–H and O–H groups in total. The van der Waals surface area contributed by atoms with Crippen molar-refractivity contribution in [2.75, 3.05) is 24.7 Å². The second kappa shape index (κ2) is 9.65. The fourth-order valence-corrected chi connectivity index (χ4v) is 5.15. The standard InChI is InChI=1S/C22H26N4O3S2/c1-6-26-21(29)19-14(3)15(4)31-20(19)24-22(26)30-12-18(28)25(5)11-17(27)23-16-9-7-13(2)8-10-16/h7-10H,6,11-12H2,1-5H3,(H,23,27). The van der Waals surface area contributed by atoms with Gasteiger partial charge in [-0.2, -0.15) is 0 Å². The molecule has 0 bridgehead atoms. The van der Waals surface area contributed by atoms with Gasteiger partial charge >= 0.3 is 0 Å². The predicted octanol–water partition coefficient (Wildman–Crippen LogP) is 3.59. The zero-order chi connectivity index (χ0) is 22.7. The van der Waals surface area contributed by atoms with E-state index < -0.39 is 0 Å². The van der Waals surface area contributed by atoms with Crippen molar-refractivity contribution in [2.24, 2.45) is 0 Å². The molecule has 0 aliphatic heterocycles. The second-order valence-corrected chi connectivity index (χ2v) is 9.51. The Morgan fingerprint density at radius 1 is 1.19 bits per heavy atom. The number of hydrogen-bond acceptors (Lipinski definition) is 6. The van der Waals surface area contributed by atoms with Gasteiger partial charge in [-0.1, -0.05) is 29.5 Å². The summed E-state index contributed by atoms with van der Waals surface area (Å²) in [6, 6.07) is 7.47. The molecule has 0 radical (unpaired) electrons. The van der Waals surface area contributed by atoms with Crippen molar-refractivity contribution in [3.8, 4) is 0 Å². The van der Waals surface area contributed by atoms with Crippen LogP contribution in [-0.4, -0.2) is 45.6 Å². The first kappa shape index (κ1) is 23.0. The van der Waals surface area contributed by atoms with Crippen molar-refractivity contribution in [1.29, 1.82) is 0 Å². The molecule has 0 aliphatic rings. The number of hydrogen-bond donors (Lipinski definition) is 1. The minimum absolute atomic E-state index is 0.0520. The number of amides is 2. The maximum atomic E-state index is 12.9. The number of carbonyl (C=O) groups is 2. The topological polar surface area (TPSA) is 84.3 Å². The summed E-state index contributed by atoms with van der Waals surface area (Å²) in [7, 11) is 1.59. The summed E-state index contributed by atoms with van der Waals surface area (Å²) in [5, 5.41) is 3.96. The van der Waals surface area contributed by atoms with Gasteiger partial charge in [0.1, 0.15) is 4.83 Å². The average Bonchev–Trinajstić information content (AvgIpc) is 3.01. The summed E-state index contributed by atoms with van der Waals surface area (Å²) in [5.41, 5.74) is 2.69. The van der Waals surface area contributed by atoms with E-state index in [1.807, 2.05) is 52.0 Å². The highest BCUT2D eigenvalue weighted by Gasteiger charge is 2.18. The summed E-state index contributed by atoms with van der Waals surface area (Å²) in [4.78, 5) is 45.5. The molecule has 3 aromatic rings. The highest BCUT2D eigenvalue weighted by molar-refractivity contribution is 7.99. The van der Waals surface area contributed by atoms with Crippen LogP contribution in [-0.2, 0) is 16.1 Å². The number of rotatable bonds is 7. The van der Waals surface area contributed by atoms with Crippen LogP contribution in [0.5, 0.6) is 0 Å². The Hall–Kier alpha value is -2.65. The van der Waals surface area contributed by atoms with Gasteiger partial charge in [0.05, 0.1) is 17.7 Å². The minimum Gasteiger partial charge on any atom is -0.336 e. The van der Waals surface area contributed by atoms with Crippen molar-refractivity contribution in [3.05, 3.63) is 50.6 Å². The molecular weight excluding hydrogens is 432 g/mol. The largest absolute Gasteiger partial charge is 0.336 e. The molecule has 0 atom stereocenters. The van der Waals surface area contributed by atoms with E-state index in [2.05, 4.69) is 10.3 Å². The van der Waals surface area contributed by atoms with Crippen LogP contribution in [0.3, 0.4) is 0 Å². The van der Waals surface area contributed by atoms with Crippen molar-refractivity contribution < 1.29 is 9.59 Å². The third kappa shape index (κ3) is 5.16. The number of anilines is 1. The lowest BCUT2D eigenvalue weighted by atomic mass is 10.2. The van der Waals surface area contributed by atoms with Crippen LogP contribution in [0.15, 0.2) is 34.2 Å². The lowest BCUT2D eigenvalue weighted by Gasteiger charge is -2.17. The van der Waals surface area contributed by atoms with Gasteiger partial charge < -0.3 is 10.2 Å². The molecule has 0 saturated heterocycles.